The SMILES string of the molecule is CC(C)Oc1cccc(CC(=O)N(C)CC(c2ccc(Cl)c(Cl)c2)N(C)CCO)c1. The molecule has 0 bridgehead atoms. The molecule has 0 saturated carbocycles. The van der Waals surface area contributed by atoms with Crippen LogP contribution in [0.1, 0.15) is 31.0 Å². The number of hydrogen-bond acceptors (Lipinski definition) is 4. The highest BCUT2D eigenvalue weighted by Crippen LogP contribution is 2.28. The minimum atomic E-state index is -0.128. The zero-order chi connectivity index (χ0) is 22.3. The largest absolute Gasteiger partial charge is 0.491 e. The lowest BCUT2D eigenvalue weighted by atomic mass is 10.0. The number of benzene rings is 2. The second kappa shape index (κ2) is 11.6. The van der Waals surface area contributed by atoms with Gasteiger partial charge in [-0.2, -0.15) is 0 Å². The van der Waals surface area contributed by atoms with Crippen molar-refractivity contribution in [1.29, 1.82) is 0 Å². The van der Waals surface area contributed by atoms with Crippen LogP contribution in [-0.4, -0.2) is 60.7 Å². The first-order chi connectivity index (χ1) is 14.2. The second-order valence-electron chi connectivity index (χ2n) is 7.66. The number of aliphatic hydroxyl groups is 1. The third kappa shape index (κ3) is 7.17. The second-order valence-corrected chi connectivity index (χ2v) is 8.47. The van der Waals surface area contributed by atoms with Crippen molar-refractivity contribution in [2.45, 2.75) is 32.4 Å². The Kier molecular flexibility index (Phi) is 9.43. The Morgan fingerprint density at radius 1 is 1.10 bits per heavy atom. The van der Waals surface area contributed by atoms with Gasteiger partial charge in [0.2, 0.25) is 5.91 Å². The van der Waals surface area contributed by atoms with Crippen molar-refractivity contribution >= 4 is 29.1 Å². The van der Waals surface area contributed by atoms with Gasteiger partial charge in [0, 0.05) is 20.1 Å². The van der Waals surface area contributed by atoms with Gasteiger partial charge in [-0.25, -0.2) is 0 Å². The van der Waals surface area contributed by atoms with E-state index in [-0.39, 0.29) is 31.1 Å². The molecular formula is C23H30Cl2N2O3. The fourth-order valence-electron chi connectivity index (χ4n) is 3.20. The Morgan fingerprint density at radius 2 is 1.83 bits per heavy atom. The van der Waals surface area contributed by atoms with Gasteiger partial charge in [-0.3, -0.25) is 9.69 Å². The van der Waals surface area contributed by atoms with E-state index in [9.17, 15) is 9.90 Å². The summed E-state index contributed by atoms with van der Waals surface area (Å²) in [7, 11) is 3.70. The average molecular weight is 453 g/mol. The molecule has 0 spiro atoms. The molecule has 164 valence electrons. The predicted molar refractivity (Wildman–Crippen MR) is 122 cm³/mol. The average Bonchev–Trinajstić information content (AvgIpc) is 2.68. The highest BCUT2D eigenvalue weighted by atomic mass is 35.5. The fourth-order valence-corrected chi connectivity index (χ4v) is 3.51. The summed E-state index contributed by atoms with van der Waals surface area (Å²) in [5.74, 6) is 0.758. The van der Waals surface area contributed by atoms with Crippen LogP contribution in [0.25, 0.3) is 0 Å². The minimum Gasteiger partial charge on any atom is -0.491 e. The van der Waals surface area contributed by atoms with Crippen LogP contribution >= 0.6 is 23.2 Å². The van der Waals surface area contributed by atoms with Gasteiger partial charge < -0.3 is 14.7 Å². The minimum absolute atomic E-state index is 0.000782. The third-order valence-corrected chi connectivity index (χ3v) is 5.55. The highest BCUT2D eigenvalue weighted by Gasteiger charge is 2.22. The summed E-state index contributed by atoms with van der Waals surface area (Å²) in [5, 5.41) is 10.3. The van der Waals surface area contributed by atoms with E-state index < -0.39 is 0 Å². The highest BCUT2D eigenvalue weighted by molar-refractivity contribution is 6.42. The molecule has 0 aliphatic heterocycles. The van der Waals surface area contributed by atoms with Crippen LogP contribution in [0.15, 0.2) is 42.5 Å². The van der Waals surface area contributed by atoms with Gasteiger partial charge in [-0.15, -0.1) is 0 Å². The Bertz CT molecular complexity index is 845. The lowest BCUT2D eigenvalue weighted by Gasteiger charge is -2.32. The summed E-state index contributed by atoms with van der Waals surface area (Å²) in [6.45, 7) is 4.89. The molecule has 5 nitrogen and oxygen atoms in total. The van der Waals surface area contributed by atoms with Crippen LogP contribution in [0, 0.1) is 0 Å². The summed E-state index contributed by atoms with van der Waals surface area (Å²) in [4.78, 5) is 16.6. The van der Waals surface area contributed by atoms with E-state index in [1.54, 1.807) is 18.0 Å². The Balaban J connectivity index is 2.13. The molecule has 2 rings (SSSR count). The molecule has 0 saturated heterocycles. The fraction of sp³-hybridized carbons (Fsp3) is 0.435. The van der Waals surface area contributed by atoms with Gasteiger partial charge in [0.15, 0.2) is 0 Å². The molecule has 0 aliphatic carbocycles. The molecule has 1 unspecified atom stereocenters. The molecule has 0 fully saturated rings. The molecule has 1 amide bonds. The topological polar surface area (TPSA) is 53.0 Å². The van der Waals surface area contributed by atoms with Gasteiger partial charge in [0.1, 0.15) is 5.75 Å². The molecule has 0 aromatic heterocycles. The van der Waals surface area contributed by atoms with Crippen molar-refractivity contribution in [3.8, 4) is 5.75 Å². The molecule has 1 atom stereocenters. The van der Waals surface area contributed by atoms with Crippen molar-refractivity contribution in [2.75, 3.05) is 33.8 Å². The van der Waals surface area contributed by atoms with Crippen LogP contribution in [0.2, 0.25) is 10.0 Å². The summed E-state index contributed by atoms with van der Waals surface area (Å²) < 4.78 is 5.72. The molecule has 30 heavy (non-hydrogen) atoms. The van der Waals surface area contributed by atoms with Gasteiger partial charge >= 0.3 is 0 Å². The van der Waals surface area contributed by atoms with Gasteiger partial charge in [-0.05, 0) is 56.3 Å². The monoisotopic (exact) mass is 452 g/mol. The number of nitrogens with zero attached hydrogens (tertiary/aromatic N) is 2. The van der Waals surface area contributed by atoms with Crippen molar-refractivity contribution in [3.63, 3.8) is 0 Å². The number of ether oxygens (including phenoxy) is 1. The molecular weight excluding hydrogens is 423 g/mol. The van der Waals surface area contributed by atoms with Crippen LogP contribution < -0.4 is 4.74 Å². The predicted octanol–water partition coefficient (Wildman–Crippen LogP) is 4.45. The van der Waals surface area contributed by atoms with Gasteiger partial charge in [0.25, 0.3) is 0 Å². The number of hydrogen-bond donors (Lipinski definition) is 1. The van der Waals surface area contributed by atoms with Crippen LogP contribution in [0.4, 0.5) is 0 Å². The molecule has 0 heterocycles. The Labute approximate surface area is 189 Å². The van der Waals surface area contributed by atoms with E-state index >= 15 is 0 Å². The molecule has 0 radical (unpaired) electrons. The number of likely N-dealkylation sites (N-methyl/N-ethyl adjacent to an activating group) is 2. The van der Waals surface area contributed by atoms with E-state index in [1.165, 1.54) is 0 Å². The van der Waals surface area contributed by atoms with Crippen molar-refractivity contribution in [2.24, 2.45) is 0 Å². The Morgan fingerprint density at radius 3 is 2.47 bits per heavy atom. The Hall–Kier alpha value is -1.79. The molecule has 2 aromatic carbocycles. The summed E-state index contributed by atoms with van der Waals surface area (Å²) >= 11 is 12.3. The first kappa shape index (κ1) is 24.5. The molecule has 0 aliphatic rings. The van der Waals surface area contributed by atoms with E-state index in [1.807, 2.05) is 62.2 Å². The summed E-state index contributed by atoms with van der Waals surface area (Å²) in [6.07, 6.45) is 0.358. The van der Waals surface area contributed by atoms with Crippen molar-refractivity contribution in [3.05, 3.63) is 63.6 Å². The zero-order valence-corrected chi connectivity index (χ0v) is 19.5. The van der Waals surface area contributed by atoms with Crippen molar-refractivity contribution < 1.29 is 14.6 Å². The van der Waals surface area contributed by atoms with Crippen molar-refractivity contribution in [1.82, 2.24) is 9.80 Å². The van der Waals surface area contributed by atoms with E-state index in [0.717, 1.165) is 16.9 Å². The maximum Gasteiger partial charge on any atom is 0.226 e. The maximum atomic E-state index is 12.9. The number of carbonyl (C=O) groups excluding carboxylic acids is 1. The molecule has 7 heteroatoms. The summed E-state index contributed by atoms with van der Waals surface area (Å²) in [6, 6.07) is 13.0. The van der Waals surface area contributed by atoms with Crippen LogP contribution in [0.3, 0.4) is 0 Å². The van der Waals surface area contributed by atoms with E-state index in [0.29, 0.717) is 23.1 Å². The molecule has 1 N–H and O–H groups in total. The van der Waals surface area contributed by atoms with E-state index in [2.05, 4.69) is 0 Å². The number of amides is 1. The number of rotatable bonds is 10. The molecule has 2 aromatic rings. The standard InChI is InChI=1S/C23H30Cl2N2O3/c1-16(2)30-19-7-5-6-17(12-19)13-23(29)27(4)15-22(26(3)10-11-28)18-8-9-20(24)21(25)14-18/h5-9,12,14,16,22,28H,10-11,13,15H2,1-4H3. The first-order valence-corrected chi connectivity index (χ1v) is 10.7. The lowest BCUT2D eigenvalue weighted by molar-refractivity contribution is -0.129. The zero-order valence-electron chi connectivity index (χ0n) is 17.9. The normalized spacial score (nSPS) is 12.3. The number of carbonyl (C=O) groups is 1. The summed E-state index contributed by atoms with van der Waals surface area (Å²) in [5.41, 5.74) is 1.84. The van der Waals surface area contributed by atoms with Crippen LogP contribution in [-0.2, 0) is 11.2 Å². The number of halogens is 2. The number of aliphatic hydroxyl groups excluding tert-OH is 1. The quantitative estimate of drug-likeness (QED) is 0.578. The maximum absolute atomic E-state index is 12.9. The van der Waals surface area contributed by atoms with Gasteiger partial charge in [-0.1, -0.05) is 41.4 Å². The van der Waals surface area contributed by atoms with Gasteiger partial charge in [0.05, 0.1) is 35.2 Å². The van der Waals surface area contributed by atoms with E-state index in [4.69, 9.17) is 27.9 Å². The lowest BCUT2D eigenvalue weighted by Crippen LogP contribution is -2.39. The van der Waals surface area contributed by atoms with Crippen LogP contribution in [0.5, 0.6) is 5.75 Å². The first-order valence-electron chi connectivity index (χ1n) is 9.96. The third-order valence-electron chi connectivity index (χ3n) is 4.81. The smallest absolute Gasteiger partial charge is 0.226 e.